The van der Waals surface area contributed by atoms with Crippen LogP contribution in [0, 0.1) is 5.92 Å². The summed E-state index contributed by atoms with van der Waals surface area (Å²) in [6.45, 7) is 5.48. The molecule has 0 bridgehead atoms. The van der Waals surface area contributed by atoms with Crippen LogP contribution >= 0.6 is 0 Å². The maximum atomic E-state index is 13.0. The number of aryl methyl sites for hydroxylation is 2. The maximum absolute atomic E-state index is 13.0. The molecule has 1 fully saturated rings. The van der Waals surface area contributed by atoms with Gasteiger partial charge in [-0.15, -0.1) is 5.10 Å². The van der Waals surface area contributed by atoms with Crippen molar-refractivity contribution in [2.24, 2.45) is 5.92 Å². The molecular weight excluding hydrogens is 328 g/mol. The Morgan fingerprint density at radius 1 is 1.23 bits per heavy atom. The molecule has 0 N–H and O–H groups in total. The fourth-order valence-corrected chi connectivity index (χ4v) is 3.35. The Labute approximate surface area is 154 Å². The Morgan fingerprint density at radius 3 is 2.77 bits per heavy atom. The Kier molecular flexibility index (Phi) is 5.02. The summed E-state index contributed by atoms with van der Waals surface area (Å²) in [5, 5.41) is 8.56. The van der Waals surface area contributed by atoms with E-state index in [1.165, 1.54) is 18.4 Å². The maximum Gasteiger partial charge on any atom is 0.254 e. The average molecular weight is 354 g/mol. The Hall–Kier alpha value is -2.21. The molecule has 1 aromatic heterocycles. The van der Waals surface area contributed by atoms with Crippen molar-refractivity contribution in [3.63, 3.8) is 0 Å². The van der Waals surface area contributed by atoms with Gasteiger partial charge in [0.1, 0.15) is 5.69 Å². The summed E-state index contributed by atoms with van der Waals surface area (Å²) in [6.07, 6.45) is 4.42. The molecule has 1 amide bonds. The monoisotopic (exact) mass is 354 g/mol. The van der Waals surface area contributed by atoms with E-state index in [0.717, 1.165) is 55.4 Å². The minimum Gasteiger partial charge on any atom is -0.375 e. The van der Waals surface area contributed by atoms with E-state index in [2.05, 4.69) is 17.2 Å². The van der Waals surface area contributed by atoms with Crippen molar-refractivity contribution >= 4 is 5.91 Å². The highest BCUT2D eigenvalue weighted by Gasteiger charge is 2.25. The molecule has 138 valence electrons. The third kappa shape index (κ3) is 3.80. The zero-order valence-electron chi connectivity index (χ0n) is 15.4. The number of fused-ring (bicyclic) bond motifs is 1. The largest absolute Gasteiger partial charge is 0.375 e. The van der Waals surface area contributed by atoms with Crippen LogP contribution < -0.4 is 0 Å². The molecule has 4 rings (SSSR count). The number of nitrogens with zero attached hydrogens (tertiary/aromatic N) is 4. The van der Waals surface area contributed by atoms with Crippen molar-refractivity contribution in [1.82, 2.24) is 19.9 Å². The number of rotatable bonds is 6. The summed E-state index contributed by atoms with van der Waals surface area (Å²) in [7, 11) is 0. The normalized spacial score (nSPS) is 17.0. The molecular formula is C20H26N4O2. The highest BCUT2D eigenvalue weighted by Crippen LogP contribution is 2.29. The minimum absolute atomic E-state index is 0.0761. The molecule has 2 aliphatic rings. The Bertz CT molecular complexity index is 765. The van der Waals surface area contributed by atoms with Crippen LogP contribution in [0.3, 0.4) is 0 Å². The first kappa shape index (κ1) is 17.2. The van der Waals surface area contributed by atoms with Gasteiger partial charge in [0, 0.05) is 25.3 Å². The van der Waals surface area contributed by atoms with E-state index >= 15 is 0 Å². The number of hydrogen-bond donors (Lipinski definition) is 0. The lowest BCUT2D eigenvalue weighted by Crippen LogP contribution is -2.31. The highest BCUT2D eigenvalue weighted by molar-refractivity contribution is 5.94. The van der Waals surface area contributed by atoms with Gasteiger partial charge in [0.25, 0.3) is 5.91 Å². The van der Waals surface area contributed by atoms with Crippen LogP contribution in [-0.2, 0) is 30.9 Å². The van der Waals surface area contributed by atoms with Crippen molar-refractivity contribution in [2.45, 2.75) is 52.3 Å². The highest BCUT2D eigenvalue weighted by atomic mass is 16.5. The van der Waals surface area contributed by atoms with Crippen molar-refractivity contribution in [2.75, 3.05) is 13.2 Å². The second-order valence-corrected chi connectivity index (χ2v) is 7.30. The van der Waals surface area contributed by atoms with E-state index in [1.807, 2.05) is 33.8 Å². The van der Waals surface area contributed by atoms with E-state index in [4.69, 9.17) is 4.74 Å². The number of carbonyl (C=O) groups excluding carboxylic acids is 1. The van der Waals surface area contributed by atoms with Gasteiger partial charge in [0.05, 0.1) is 18.8 Å². The molecule has 6 nitrogen and oxygen atoms in total. The molecule has 0 spiro atoms. The number of aromatic nitrogens is 3. The van der Waals surface area contributed by atoms with Gasteiger partial charge >= 0.3 is 0 Å². The van der Waals surface area contributed by atoms with Gasteiger partial charge in [0.2, 0.25) is 0 Å². The van der Waals surface area contributed by atoms with E-state index in [-0.39, 0.29) is 5.91 Å². The summed E-state index contributed by atoms with van der Waals surface area (Å²) in [5.41, 5.74) is 3.87. The van der Waals surface area contributed by atoms with Crippen LogP contribution in [-0.4, -0.2) is 39.0 Å². The summed E-state index contributed by atoms with van der Waals surface area (Å²) >= 11 is 0. The van der Waals surface area contributed by atoms with Crippen molar-refractivity contribution < 1.29 is 9.53 Å². The molecule has 2 heterocycles. The van der Waals surface area contributed by atoms with Gasteiger partial charge < -0.3 is 9.64 Å². The fraction of sp³-hybridized carbons (Fsp3) is 0.550. The van der Waals surface area contributed by atoms with Gasteiger partial charge in [-0.25, -0.2) is 4.68 Å². The number of amides is 1. The van der Waals surface area contributed by atoms with E-state index in [1.54, 1.807) is 0 Å². The Morgan fingerprint density at radius 2 is 2.04 bits per heavy atom. The van der Waals surface area contributed by atoms with Crippen LogP contribution in [0.4, 0.5) is 0 Å². The molecule has 1 aliphatic carbocycles. The van der Waals surface area contributed by atoms with E-state index < -0.39 is 0 Å². The van der Waals surface area contributed by atoms with Crippen LogP contribution in [0.1, 0.15) is 53.5 Å². The SMILES string of the molecule is CCc1ccc(C(=O)N2CCCn3nnc(COCC4CC4)c3C2)cc1. The third-order valence-corrected chi connectivity index (χ3v) is 5.24. The zero-order chi connectivity index (χ0) is 17.9. The number of benzene rings is 1. The average Bonchev–Trinajstić information content (AvgIpc) is 3.46. The lowest BCUT2D eigenvalue weighted by molar-refractivity contribution is 0.0741. The van der Waals surface area contributed by atoms with Gasteiger partial charge in [-0.3, -0.25) is 4.79 Å². The van der Waals surface area contributed by atoms with Gasteiger partial charge in [-0.1, -0.05) is 24.3 Å². The molecule has 0 radical (unpaired) electrons. The molecule has 0 unspecified atom stereocenters. The second-order valence-electron chi connectivity index (χ2n) is 7.30. The quantitative estimate of drug-likeness (QED) is 0.800. The number of carbonyl (C=O) groups is 1. The van der Waals surface area contributed by atoms with Gasteiger partial charge in [0.15, 0.2) is 0 Å². The first-order valence-corrected chi connectivity index (χ1v) is 9.61. The first-order chi connectivity index (χ1) is 12.7. The van der Waals surface area contributed by atoms with Crippen LogP contribution in [0.15, 0.2) is 24.3 Å². The third-order valence-electron chi connectivity index (χ3n) is 5.24. The van der Waals surface area contributed by atoms with E-state index in [0.29, 0.717) is 13.2 Å². The second kappa shape index (κ2) is 7.58. The summed E-state index contributed by atoms with van der Waals surface area (Å²) < 4.78 is 7.73. The van der Waals surface area contributed by atoms with Crippen LogP contribution in [0.25, 0.3) is 0 Å². The molecule has 2 aromatic rings. The minimum atomic E-state index is 0.0761. The summed E-state index contributed by atoms with van der Waals surface area (Å²) in [6, 6.07) is 7.94. The zero-order valence-corrected chi connectivity index (χ0v) is 15.4. The Balaban J connectivity index is 1.46. The molecule has 6 heteroatoms. The number of ether oxygens (including phenoxy) is 1. The van der Waals surface area contributed by atoms with Crippen LogP contribution in [0.2, 0.25) is 0 Å². The lowest BCUT2D eigenvalue weighted by atomic mass is 10.1. The lowest BCUT2D eigenvalue weighted by Gasteiger charge is -2.20. The standard InChI is InChI=1S/C20H26N4O2/c1-2-15-6-8-17(9-7-15)20(25)23-10-3-11-24-19(12-23)18(21-22-24)14-26-13-16-4-5-16/h6-9,16H,2-5,10-14H2,1H3. The van der Waals surface area contributed by atoms with Crippen molar-refractivity contribution in [3.8, 4) is 0 Å². The van der Waals surface area contributed by atoms with Crippen LogP contribution in [0.5, 0.6) is 0 Å². The molecule has 0 saturated heterocycles. The molecule has 0 atom stereocenters. The van der Waals surface area contributed by atoms with Gasteiger partial charge in [-0.2, -0.15) is 0 Å². The number of hydrogen-bond acceptors (Lipinski definition) is 4. The van der Waals surface area contributed by atoms with E-state index in [9.17, 15) is 4.79 Å². The van der Waals surface area contributed by atoms with Crippen molar-refractivity contribution in [3.05, 3.63) is 46.8 Å². The molecule has 1 saturated carbocycles. The summed E-state index contributed by atoms with van der Waals surface area (Å²) in [4.78, 5) is 14.9. The first-order valence-electron chi connectivity index (χ1n) is 9.61. The van der Waals surface area contributed by atoms with Gasteiger partial charge in [-0.05, 0) is 49.3 Å². The molecule has 1 aliphatic heterocycles. The predicted octanol–water partition coefficient (Wildman–Crippen LogP) is 2.81. The summed E-state index contributed by atoms with van der Waals surface area (Å²) in [5.74, 6) is 0.806. The molecule has 1 aromatic carbocycles. The topological polar surface area (TPSA) is 60.2 Å². The van der Waals surface area contributed by atoms with Crippen molar-refractivity contribution in [1.29, 1.82) is 0 Å². The fourth-order valence-electron chi connectivity index (χ4n) is 3.35. The predicted molar refractivity (Wildman–Crippen MR) is 97.6 cm³/mol. The smallest absolute Gasteiger partial charge is 0.254 e. The molecule has 26 heavy (non-hydrogen) atoms.